The number of ether oxygens (including phenoxy) is 1. The SMILES string of the molecule is COc1ccc(C(=O)N2CCC(C)(C)CC2)cc1Br. The predicted octanol–water partition coefficient (Wildman–Crippen LogP) is 3.72. The molecule has 0 aliphatic carbocycles. The Bertz CT molecular complexity index is 475. The van der Waals surface area contributed by atoms with Crippen molar-refractivity contribution in [2.75, 3.05) is 20.2 Å². The Morgan fingerprint density at radius 1 is 1.32 bits per heavy atom. The third-order valence-corrected chi connectivity index (χ3v) is 4.42. The quantitative estimate of drug-likeness (QED) is 0.829. The van der Waals surface area contributed by atoms with E-state index < -0.39 is 0 Å². The van der Waals surface area contributed by atoms with Crippen LogP contribution in [0.1, 0.15) is 37.0 Å². The van der Waals surface area contributed by atoms with Gasteiger partial charge in [-0.25, -0.2) is 0 Å². The molecule has 3 nitrogen and oxygen atoms in total. The van der Waals surface area contributed by atoms with E-state index in [0.717, 1.165) is 36.2 Å². The minimum absolute atomic E-state index is 0.110. The molecule has 0 atom stereocenters. The van der Waals surface area contributed by atoms with Crippen molar-refractivity contribution >= 4 is 21.8 Å². The van der Waals surface area contributed by atoms with E-state index in [9.17, 15) is 4.79 Å². The maximum Gasteiger partial charge on any atom is 0.253 e. The fraction of sp³-hybridized carbons (Fsp3) is 0.533. The second kappa shape index (κ2) is 5.53. The zero-order valence-electron chi connectivity index (χ0n) is 11.7. The van der Waals surface area contributed by atoms with Crippen molar-refractivity contribution < 1.29 is 9.53 Å². The van der Waals surface area contributed by atoms with Crippen molar-refractivity contribution in [1.82, 2.24) is 4.90 Å². The lowest BCUT2D eigenvalue weighted by Crippen LogP contribution is -2.41. The summed E-state index contributed by atoms with van der Waals surface area (Å²) in [6, 6.07) is 5.48. The number of halogens is 1. The molecule has 1 aromatic rings. The minimum Gasteiger partial charge on any atom is -0.496 e. The summed E-state index contributed by atoms with van der Waals surface area (Å²) < 4.78 is 6.00. The molecule has 0 bridgehead atoms. The van der Waals surface area contributed by atoms with Crippen LogP contribution in [0.3, 0.4) is 0 Å². The summed E-state index contributed by atoms with van der Waals surface area (Å²) in [4.78, 5) is 14.4. The van der Waals surface area contributed by atoms with Gasteiger partial charge in [0.25, 0.3) is 5.91 Å². The molecule has 0 unspecified atom stereocenters. The number of carbonyl (C=O) groups is 1. The zero-order chi connectivity index (χ0) is 14.0. The lowest BCUT2D eigenvalue weighted by molar-refractivity contribution is 0.0630. The highest BCUT2D eigenvalue weighted by atomic mass is 79.9. The molecule has 1 heterocycles. The number of amides is 1. The van der Waals surface area contributed by atoms with Crippen LogP contribution in [-0.4, -0.2) is 31.0 Å². The topological polar surface area (TPSA) is 29.5 Å². The average Bonchev–Trinajstić information content (AvgIpc) is 2.38. The van der Waals surface area contributed by atoms with Crippen molar-refractivity contribution in [1.29, 1.82) is 0 Å². The van der Waals surface area contributed by atoms with Crippen LogP contribution in [0, 0.1) is 5.41 Å². The number of hydrogen-bond donors (Lipinski definition) is 0. The van der Waals surface area contributed by atoms with Crippen LogP contribution in [0.4, 0.5) is 0 Å². The van der Waals surface area contributed by atoms with E-state index in [1.54, 1.807) is 7.11 Å². The van der Waals surface area contributed by atoms with E-state index in [1.165, 1.54) is 0 Å². The van der Waals surface area contributed by atoms with Gasteiger partial charge in [-0.1, -0.05) is 13.8 Å². The molecule has 0 saturated carbocycles. The molecule has 104 valence electrons. The van der Waals surface area contributed by atoms with Crippen molar-refractivity contribution in [3.05, 3.63) is 28.2 Å². The normalized spacial score (nSPS) is 18.2. The average molecular weight is 326 g/mol. The van der Waals surface area contributed by atoms with Crippen LogP contribution in [0.5, 0.6) is 5.75 Å². The lowest BCUT2D eigenvalue weighted by Gasteiger charge is -2.37. The number of rotatable bonds is 2. The number of methoxy groups -OCH3 is 1. The molecule has 19 heavy (non-hydrogen) atoms. The first-order valence-electron chi connectivity index (χ1n) is 6.56. The maximum absolute atomic E-state index is 12.4. The monoisotopic (exact) mass is 325 g/mol. The van der Waals surface area contributed by atoms with Crippen molar-refractivity contribution in [3.8, 4) is 5.75 Å². The number of carbonyl (C=O) groups excluding carboxylic acids is 1. The van der Waals surface area contributed by atoms with Crippen molar-refractivity contribution in [2.45, 2.75) is 26.7 Å². The number of likely N-dealkylation sites (tertiary alicyclic amines) is 1. The van der Waals surface area contributed by atoms with E-state index >= 15 is 0 Å². The van der Waals surface area contributed by atoms with Gasteiger partial charge in [0.1, 0.15) is 5.75 Å². The Balaban J connectivity index is 2.10. The van der Waals surface area contributed by atoms with Gasteiger partial charge in [0.05, 0.1) is 11.6 Å². The van der Waals surface area contributed by atoms with Gasteiger partial charge >= 0.3 is 0 Å². The Kier molecular flexibility index (Phi) is 4.19. The fourth-order valence-electron chi connectivity index (χ4n) is 2.30. The molecule has 1 aromatic carbocycles. The summed E-state index contributed by atoms with van der Waals surface area (Å²) in [5.74, 6) is 0.857. The Labute approximate surface area is 123 Å². The first kappa shape index (κ1) is 14.4. The second-order valence-corrected chi connectivity index (χ2v) is 6.66. The number of hydrogen-bond acceptors (Lipinski definition) is 2. The van der Waals surface area contributed by atoms with Gasteiger partial charge in [-0.05, 0) is 52.4 Å². The smallest absolute Gasteiger partial charge is 0.253 e. The summed E-state index contributed by atoms with van der Waals surface area (Å²) in [6.45, 7) is 6.21. The van der Waals surface area contributed by atoms with E-state index in [0.29, 0.717) is 11.0 Å². The van der Waals surface area contributed by atoms with Crippen molar-refractivity contribution in [3.63, 3.8) is 0 Å². The highest BCUT2D eigenvalue weighted by Gasteiger charge is 2.28. The second-order valence-electron chi connectivity index (χ2n) is 5.81. The summed E-state index contributed by atoms with van der Waals surface area (Å²) in [5.41, 5.74) is 1.07. The fourth-order valence-corrected chi connectivity index (χ4v) is 2.84. The molecule has 1 fully saturated rings. The van der Waals surface area contributed by atoms with Gasteiger partial charge in [-0.3, -0.25) is 4.79 Å². The minimum atomic E-state index is 0.110. The van der Waals surface area contributed by atoms with Gasteiger partial charge < -0.3 is 9.64 Å². The Morgan fingerprint density at radius 2 is 1.95 bits per heavy atom. The van der Waals surface area contributed by atoms with E-state index in [4.69, 9.17) is 4.74 Å². The summed E-state index contributed by atoms with van der Waals surface area (Å²) in [5, 5.41) is 0. The standard InChI is InChI=1S/C15H20BrNO2/c1-15(2)6-8-17(9-7-15)14(18)11-4-5-13(19-3)12(16)10-11/h4-5,10H,6-9H2,1-3H3. The van der Waals surface area contributed by atoms with Crippen LogP contribution in [0.2, 0.25) is 0 Å². The summed E-state index contributed by atoms with van der Waals surface area (Å²) >= 11 is 3.42. The summed E-state index contributed by atoms with van der Waals surface area (Å²) in [6.07, 6.45) is 2.13. The van der Waals surface area contributed by atoms with Gasteiger partial charge in [-0.15, -0.1) is 0 Å². The van der Waals surface area contributed by atoms with Crippen molar-refractivity contribution in [2.24, 2.45) is 5.41 Å². The molecule has 1 aliphatic heterocycles. The van der Waals surface area contributed by atoms with E-state index in [2.05, 4.69) is 29.8 Å². The third kappa shape index (κ3) is 3.30. The Morgan fingerprint density at radius 3 is 2.47 bits per heavy atom. The summed E-state index contributed by atoms with van der Waals surface area (Å²) in [7, 11) is 1.62. The molecule has 4 heteroatoms. The highest BCUT2D eigenvalue weighted by Crippen LogP contribution is 2.31. The largest absolute Gasteiger partial charge is 0.496 e. The molecule has 1 aliphatic rings. The molecule has 0 radical (unpaired) electrons. The number of nitrogens with zero attached hydrogens (tertiary/aromatic N) is 1. The Hall–Kier alpha value is -1.03. The van der Waals surface area contributed by atoms with Crippen LogP contribution in [0.15, 0.2) is 22.7 Å². The first-order chi connectivity index (χ1) is 8.93. The molecule has 0 aromatic heterocycles. The molecular formula is C15H20BrNO2. The van der Waals surface area contributed by atoms with Gasteiger partial charge in [0, 0.05) is 18.7 Å². The lowest BCUT2D eigenvalue weighted by atomic mass is 9.82. The highest BCUT2D eigenvalue weighted by molar-refractivity contribution is 9.10. The van der Waals surface area contributed by atoms with Crippen LogP contribution in [0.25, 0.3) is 0 Å². The number of benzene rings is 1. The number of piperidine rings is 1. The molecular weight excluding hydrogens is 306 g/mol. The molecule has 1 saturated heterocycles. The van der Waals surface area contributed by atoms with Gasteiger partial charge in [0.2, 0.25) is 0 Å². The predicted molar refractivity (Wildman–Crippen MR) is 79.6 cm³/mol. The molecule has 0 spiro atoms. The molecule has 0 N–H and O–H groups in total. The molecule has 2 rings (SSSR count). The van der Waals surface area contributed by atoms with Crippen LogP contribution in [-0.2, 0) is 0 Å². The van der Waals surface area contributed by atoms with Gasteiger partial charge in [0.15, 0.2) is 0 Å². The van der Waals surface area contributed by atoms with Crippen LogP contribution >= 0.6 is 15.9 Å². The van der Waals surface area contributed by atoms with Crippen LogP contribution < -0.4 is 4.74 Å². The zero-order valence-corrected chi connectivity index (χ0v) is 13.3. The van der Waals surface area contributed by atoms with E-state index in [-0.39, 0.29) is 5.91 Å². The van der Waals surface area contributed by atoms with E-state index in [1.807, 2.05) is 23.1 Å². The maximum atomic E-state index is 12.4. The third-order valence-electron chi connectivity index (χ3n) is 3.80. The molecule has 1 amide bonds. The first-order valence-corrected chi connectivity index (χ1v) is 7.35. The van der Waals surface area contributed by atoms with Gasteiger partial charge in [-0.2, -0.15) is 0 Å².